The van der Waals surface area contributed by atoms with Crippen molar-refractivity contribution in [2.24, 2.45) is 0 Å². The minimum atomic E-state index is -1.81. The second-order valence-corrected chi connectivity index (χ2v) is 4.81. The van der Waals surface area contributed by atoms with Crippen molar-refractivity contribution in [3.8, 4) is 11.8 Å². The van der Waals surface area contributed by atoms with Gasteiger partial charge in [0.15, 0.2) is 0 Å². The Morgan fingerprint density at radius 2 is 1.62 bits per heavy atom. The lowest BCUT2D eigenvalue weighted by Crippen LogP contribution is -2.32. The van der Waals surface area contributed by atoms with E-state index in [-0.39, 0.29) is 5.46 Å². The van der Waals surface area contributed by atoms with Gasteiger partial charge in [-0.25, -0.2) is 4.39 Å². The van der Waals surface area contributed by atoms with Crippen molar-refractivity contribution in [2.45, 2.75) is 19.8 Å². The highest BCUT2D eigenvalue weighted by Crippen LogP contribution is 2.06. The quantitative estimate of drug-likeness (QED) is 0.666. The first-order chi connectivity index (χ1) is 10.1. The van der Waals surface area contributed by atoms with E-state index in [1.807, 2.05) is 24.3 Å². The topological polar surface area (TPSA) is 40.5 Å². The number of hydrogen-bond acceptors (Lipinski definition) is 2. The first-order valence-electron chi connectivity index (χ1n) is 6.86. The molecule has 0 aliphatic heterocycles. The maximum absolute atomic E-state index is 13.6. The fraction of sp³-hybridized carbons (Fsp3) is 0.176. The first kappa shape index (κ1) is 15.3. The summed E-state index contributed by atoms with van der Waals surface area (Å²) in [5, 5.41) is 17.9. The molecule has 0 spiro atoms. The molecule has 0 amide bonds. The highest BCUT2D eigenvalue weighted by Gasteiger charge is 2.15. The molecule has 0 aromatic heterocycles. The average Bonchev–Trinajstić information content (AvgIpc) is 2.46. The summed E-state index contributed by atoms with van der Waals surface area (Å²) in [6.07, 6.45) is 2.15. The minimum Gasteiger partial charge on any atom is -0.423 e. The van der Waals surface area contributed by atoms with Gasteiger partial charge in [0.1, 0.15) is 5.82 Å². The second-order valence-electron chi connectivity index (χ2n) is 4.81. The van der Waals surface area contributed by atoms with Crippen molar-refractivity contribution in [3.63, 3.8) is 0 Å². The summed E-state index contributed by atoms with van der Waals surface area (Å²) < 4.78 is 13.6. The Labute approximate surface area is 124 Å². The number of hydrogen-bond donors (Lipinski definition) is 2. The fourth-order valence-corrected chi connectivity index (χ4v) is 2.00. The zero-order valence-corrected chi connectivity index (χ0v) is 11.8. The molecule has 21 heavy (non-hydrogen) atoms. The molecule has 0 unspecified atom stereocenters. The Balaban J connectivity index is 2.17. The third kappa shape index (κ3) is 4.19. The normalized spacial score (nSPS) is 9.90. The van der Waals surface area contributed by atoms with Crippen LogP contribution in [0.5, 0.6) is 0 Å². The molecule has 0 heterocycles. The second kappa shape index (κ2) is 7.08. The molecular weight excluding hydrogens is 266 g/mol. The molecule has 2 aromatic rings. The predicted octanol–water partition coefficient (Wildman–Crippen LogP) is 1.86. The monoisotopic (exact) mass is 282 g/mol. The standard InChI is InChI=1S/C17H16BFO2/c1-2-3-13-4-6-14(7-5-13)8-9-15-10-11-16(18(20)21)17(19)12-15/h4-7,10-12,20-21H,2-3H2,1H3. The molecule has 0 aliphatic rings. The van der Waals surface area contributed by atoms with E-state index in [0.717, 1.165) is 18.4 Å². The lowest BCUT2D eigenvalue weighted by atomic mass is 9.79. The van der Waals surface area contributed by atoms with Crippen LogP contribution in [0, 0.1) is 17.7 Å². The molecule has 2 aromatic carbocycles. The molecule has 2 N–H and O–H groups in total. The van der Waals surface area contributed by atoms with Gasteiger partial charge in [-0.2, -0.15) is 0 Å². The Morgan fingerprint density at radius 1 is 1.00 bits per heavy atom. The van der Waals surface area contributed by atoms with Crippen molar-refractivity contribution in [3.05, 3.63) is 65.0 Å². The largest absolute Gasteiger partial charge is 0.491 e. The van der Waals surface area contributed by atoms with Crippen LogP contribution in [0.1, 0.15) is 30.0 Å². The van der Waals surface area contributed by atoms with E-state index in [1.165, 1.54) is 17.7 Å². The molecule has 0 aliphatic carbocycles. The Hall–Kier alpha value is -2.09. The van der Waals surface area contributed by atoms with Crippen LogP contribution in [-0.2, 0) is 6.42 Å². The maximum Gasteiger partial charge on any atom is 0.491 e. The molecule has 106 valence electrons. The number of rotatable bonds is 3. The zero-order chi connectivity index (χ0) is 15.2. The van der Waals surface area contributed by atoms with E-state index in [9.17, 15) is 4.39 Å². The Kier molecular flexibility index (Phi) is 5.16. The van der Waals surface area contributed by atoms with Crippen LogP contribution < -0.4 is 5.46 Å². The van der Waals surface area contributed by atoms with Crippen LogP contribution in [0.4, 0.5) is 4.39 Å². The van der Waals surface area contributed by atoms with Gasteiger partial charge in [-0.1, -0.05) is 43.4 Å². The van der Waals surface area contributed by atoms with Crippen molar-refractivity contribution >= 4 is 12.6 Å². The van der Waals surface area contributed by atoms with E-state index in [1.54, 1.807) is 6.07 Å². The summed E-state index contributed by atoms with van der Waals surface area (Å²) in [5.74, 6) is 5.16. The van der Waals surface area contributed by atoms with Gasteiger partial charge in [0.25, 0.3) is 0 Å². The van der Waals surface area contributed by atoms with E-state index >= 15 is 0 Å². The lowest BCUT2D eigenvalue weighted by molar-refractivity contribution is 0.423. The summed E-state index contributed by atoms with van der Waals surface area (Å²) in [6.45, 7) is 2.13. The van der Waals surface area contributed by atoms with Gasteiger partial charge in [0.05, 0.1) is 0 Å². The van der Waals surface area contributed by atoms with Gasteiger partial charge in [0, 0.05) is 16.6 Å². The van der Waals surface area contributed by atoms with Crippen LogP contribution in [0.3, 0.4) is 0 Å². The van der Waals surface area contributed by atoms with Crippen molar-refractivity contribution < 1.29 is 14.4 Å². The fourth-order valence-electron chi connectivity index (χ4n) is 2.00. The van der Waals surface area contributed by atoms with Crippen molar-refractivity contribution in [1.82, 2.24) is 0 Å². The molecule has 2 nitrogen and oxygen atoms in total. The molecule has 0 saturated heterocycles. The van der Waals surface area contributed by atoms with Gasteiger partial charge in [-0.3, -0.25) is 0 Å². The van der Waals surface area contributed by atoms with Crippen molar-refractivity contribution in [2.75, 3.05) is 0 Å². The molecule has 0 saturated carbocycles. The van der Waals surface area contributed by atoms with Crippen molar-refractivity contribution in [1.29, 1.82) is 0 Å². The highest BCUT2D eigenvalue weighted by atomic mass is 19.1. The molecule has 0 radical (unpaired) electrons. The summed E-state index contributed by atoms with van der Waals surface area (Å²) in [5.41, 5.74) is 2.48. The van der Waals surface area contributed by atoms with Crippen LogP contribution in [-0.4, -0.2) is 17.2 Å². The third-order valence-electron chi connectivity index (χ3n) is 3.12. The molecule has 0 fully saturated rings. The maximum atomic E-state index is 13.6. The molecule has 0 bridgehead atoms. The van der Waals surface area contributed by atoms with E-state index in [4.69, 9.17) is 10.0 Å². The van der Waals surface area contributed by atoms with E-state index in [0.29, 0.717) is 5.56 Å². The lowest BCUT2D eigenvalue weighted by Gasteiger charge is -2.01. The van der Waals surface area contributed by atoms with E-state index in [2.05, 4.69) is 18.8 Å². The highest BCUT2D eigenvalue weighted by molar-refractivity contribution is 6.58. The van der Waals surface area contributed by atoms with E-state index < -0.39 is 12.9 Å². The third-order valence-corrected chi connectivity index (χ3v) is 3.12. The van der Waals surface area contributed by atoms with Gasteiger partial charge < -0.3 is 10.0 Å². The first-order valence-corrected chi connectivity index (χ1v) is 6.86. The molecular formula is C17H16BFO2. The zero-order valence-electron chi connectivity index (χ0n) is 11.8. The van der Waals surface area contributed by atoms with Crippen LogP contribution in [0.15, 0.2) is 42.5 Å². The summed E-state index contributed by atoms with van der Waals surface area (Å²) in [4.78, 5) is 0. The van der Waals surface area contributed by atoms with Crippen LogP contribution >= 0.6 is 0 Å². The minimum absolute atomic E-state index is 0.149. The van der Waals surface area contributed by atoms with Crippen LogP contribution in [0.25, 0.3) is 0 Å². The van der Waals surface area contributed by atoms with Crippen LogP contribution in [0.2, 0.25) is 0 Å². The smallest absolute Gasteiger partial charge is 0.423 e. The van der Waals surface area contributed by atoms with Gasteiger partial charge in [-0.05, 0) is 36.2 Å². The number of benzene rings is 2. The SMILES string of the molecule is CCCc1ccc(C#Cc2ccc(B(O)O)c(F)c2)cc1. The molecule has 0 atom stereocenters. The average molecular weight is 282 g/mol. The summed E-state index contributed by atoms with van der Waals surface area (Å²) in [6, 6.07) is 12.1. The Bertz CT molecular complexity index is 669. The van der Waals surface area contributed by atoms with Gasteiger partial charge >= 0.3 is 7.12 Å². The Morgan fingerprint density at radius 3 is 2.19 bits per heavy atom. The molecule has 4 heteroatoms. The number of aryl methyl sites for hydroxylation is 1. The van der Waals surface area contributed by atoms with Gasteiger partial charge in [-0.15, -0.1) is 0 Å². The summed E-state index contributed by atoms with van der Waals surface area (Å²) in [7, 11) is -1.81. The number of halogens is 1. The van der Waals surface area contributed by atoms with Gasteiger partial charge in [0.2, 0.25) is 0 Å². The molecule has 2 rings (SSSR count). The predicted molar refractivity (Wildman–Crippen MR) is 82.6 cm³/mol. The summed E-state index contributed by atoms with van der Waals surface area (Å²) >= 11 is 0.